The lowest BCUT2D eigenvalue weighted by Gasteiger charge is -2.32. The maximum atomic E-state index is 13.2. The van der Waals surface area contributed by atoms with Crippen LogP contribution in [0.25, 0.3) is 0 Å². The topological polar surface area (TPSA) is 47.6 Å². The molecule has 2 rings (SSSR count). The quantitative estimate of drug-likeness (QED) is 0.831. The summed E-state index contributed by atoms with van der Waals surface area (Å²) in [6.07, 6.45) is -2.64. The predicted octanol–water partition coefficient (Wildman–Crippen LogP) is 1.53. The molecule has 0 saturated heterocycles. The summed E-state index contributed by atoms with van der Waals surface area (Å²) >= 11 is 0. The molecule has 0 bridgehead atoms. The number of nitrogens with zero attached hydrogens (tertiary/aromatic N) is 1. The molecule has 16 heavy (non-hydrogen) atoms. The normalized spacial score (nSPS) is 25.6. The van der Waals surface area contributed by atoms with Crippen LogP contribution in [0.3, 0.4) is 0 Å². The van der Waals surface area contributed by atoms with Crippen LogP contribution in [0.5, 0.6) is 0 Å². The number of ether oxygens (including phenoxy) is 1. The van der Waals surface area contributed by atoms with Crippen molar-refractivity contribution in [2.45, 2.75) is 12.0 Å². The second-order valence-corrected chi connectivity index (χ2v) is 3.69. The highest BCUT2D eigenvalue weighted by molar-refractivity contribution is 5.82. The number of nitrogens with two attached hydrogens (primary N) is 1. The van der Waals surface area contributed by atoms with Gasteiger partial charge >= 0.3 is 0 Å². The van der Waals surface area contributed by atoms with Crippen LogP contribution in [-0.2, 0) is 10.3 Å². The Morgan fingerprint density at radius 1 is 1.31 bits per heavy atom. The first-order valence-corrected chi connectivity index (χ1v) is 4.91. The van der Waals surface area contributed by atoms with Crippen molar-refractivity contribution < 1.29 is 13.5 Å². The van der Waals surface area contributed by atoms with Gasteiger partial charge in [-0.2, -0.15) is 0 Å². The third-order valence-electron chi connectivity index (χ3n) is 2.55. The Bertz CT molecular complexity index is 394. The van der Waals surface area contributed by atoms with Crippen molar-refractivity contribution in [2.24, 2.45) is 10.7 Å². The van der Waals surface area contributed by atoms with E-state index in [1.54, 1.807) is 30.3 Å². The lowest BCUT2D eigenvalue weighted by molar-refractivity contribution is -0.0129. The first kappa shape index (κ1) is 11.0. The Hall–Kier alpha value is -1.49. The summed E-state index contributed by atoms with van der Waals surface area (Å²) in [4.78, 5) is 3.90. The van der Waals surface area contributed by atoms with E-state index >= 15 is 0 Å². The average Bonchev–Trinajstić information content (AvgIpc) is 2.30. The molecule has 5 heteroatoms. The van der Waals surface area contributed by atoms with Crippen LogP contribution in [-0.4, -0.2) is 25.5 Å². The van der Waals surface area contributed by atoms with Gasteiger partial charge in [-0.05, 0) is 5.56 Å². The number of benzene rings is 1. The van der Waals surface area contributed by atoms with Gasteiger partial charge in [-0.3, -0.25) is 4.99 Å². The van der Waals surface area contributed by atoms with Gasteiger partial charge in [0.2, 0.25) is 0 Å². The van der Waals surface area contributed by atoms with Crippen LogP contribution in [0.15, 0.2) is 35.3 Å². The average molecular weight is 226 g/mol. The molecular formula is C11H12F2N2O. The van der Waals surface area contributed by atoms with Gasteiger partial charge in [0.15, 0.2) is 5.54 Å². The van der Waals surface area contributed by atoms with Crippen molar-refractivity contribution in [1.82, 2.24) is 0 Å². The standard InChI is InChI=1S/C11H12F2N2O/c12-10(13)11(7-16-6-9(14)15-11)8-4-2-1-3-5-8/h1-5,10H,6-7H2,(H2,14,15). The molecule has 0 fully saturated rings. The molecule has 1 aliphatic heterocycles. The largest absolute Gasteiger partial charge is 0.385 e. The van der Waals surface area contributed by atoms with E-state index in [0.717, 1.165) is 0 Å². The summed E-state index contributed by atoms with van der Waals surface area (Å²) in [7, 11) is 0. The fourth-order valence-corrected chi connectivity index (χ4v) is 1.74. The maximum absolute atomic E-state index is 13.2. The summed E-state index contributed by atoms with van der Waals surface area (Å²) in [5, 5.41) is 0. The highest BCUT2D eigenvalue weighted by atomic mass is 19.3. The molecule has 0 saturated carbocycles. The molecule has 0 aromatic heterocycles. The van der Waals surface area contributed by atoms with E-state index in [1.165, 1.54) is 0 Å². The van der Waals surface area contributed by atoms with Crippen LogP contribution < -0.4 is 5.73 Å². The van der Waals surface area contributed by atoms with Crippen molar-refractivity contribution in [2.75, 3.05) is 13.2 Å². The van der Waals surface area contributed by atoms with Crippen molar-refractivity contribution in [3.05, 3.63) is 35.9 Å². The second-order valence-electron chi connectivity index (χ2n) is 3.69. The minimum absolute atomic E-state index is 0.107. The van der Waals surface area contributed by atoms with Crippen molar-refractivity contribution in [1.29, 1.82) is 0 Å². The van der Waals surface area contributed by atoms with E-state index in [9.17, 15) is 8.78 Å². The molecule has 1 atom stereocenters. The van der Waals surface area contributed by atoms with Crippen molar-refractivity contribution in [3.8, 4) is 0 Å². The third kappa shape index (κ3) is 1.78. The minimum Gasteiger partial charge on any atom is -0.385 e. The van der Waals surface area contributed by atoms with Crippen LogP contribution in [0.1, 0.15) is 5.56 Å². The molecule has 0 aliphatic carbocycles. The zero-order valence-corrected chi connectivity index (χ0v) is 8.57. The van der Waals surface area contributed by atoms with E-state index in [2.05, 4.69) is 4.99 Å². The number of alkyl halides is 2. The smallest absolute Gasteiger partial charge is 0.269 e. The molecule has 1 aromatic carbocycles. The monoisotopic (exact) mass is 226 g/mol. The molecule has 2 N–H and O–H groups in total. The van der Waals surface area contributed by atoms with Crippen LogP contribution in [0.2, 0.25) is 0 Å². The summed E-state index contributed by atoms with van der Waals surface area (Å²) < 4.78 is 31.5. The summed E-state index contributed by atoms with van der Waals surface area (Å²) in [6, 6.07) is 8.37. The van der Waals surface area contributed by atoms with E-state index in [1.807, 2.05) is 0 Å². The van der Waals surface area contributed by atoms with E-state index in [-0.39, 0.29) is 19.0 Å². The van der Waals surface area contributed by atoms with Crippen LogP contribution >= 0.6 is 0 Å². The highest BCUT2D eigenvalue weighted by Crippen LogP contribution is 2.34. The lowest BCUT2D eigenvalue weighted by Crippen LogP contribution is -2.44. The Balaban J connectivity index is 2.48. The van der Waals surface area contributed by atoms with E-state index in [4.69, 9.17) is 10.5 Å². The Morgan fingerprint density at radius 2 is 2.00 bits per heavy atom. The molecule has 1 aromatic rings. The molecule has 1 unspecified atom stereocenters. The molecule has 1 aliphatic rings. The molecule has 0 radical (unpaired) electrons. The van der Waals surface area contributed by atoms with Gasteiger partial charge in [0.05, 0.1) is 6.61 Å². The summed E-state index contributed by atoms with van der Waals surface area (Å²) in [5.74, 6) is 0.107. The number of rotatable bonds is 2. The summed E-state index contributed by atoms with van der Waals surface area (Å²) in [5.41, 5.74) is 4.25. The zero-order valence-electron chi connectivity index (χ0n) is 8.57. The maximum Gasteiger partial charge on any atom is 0.269 e. The Kier molecular flexibility index (Phi) is 2.87. The molecule has 0 amide bonds. The Morgan fingerprint density at radius 3 is 2.56 bits per heavy atom. The Labute approximate surface area is 91.9 Å². The first-order chi connectivity index (χ1) is 7.65. The number of amidine groups is 1. The van der Waals surface area contributed by atoms with E-state index in [0.29, 0.717) is 5.56 Å². The van der Waals surface area contributed by atoms with Gasteiger partial charge in [-0.15, -0.1) is 0 Å². The number of aliphatic imine (C=N–C) groups is 1. The molecule has 3 nitrogen and oxygen atoms in total. The highest BCUT2D eigenvalue weighted by Gasteiger charge is 2.44. The SMILES string of the molecule is NC1=NC(c2ccccc2)(C(F)F)COC1. The third-order valence-corrected chi connectivity index (χ3v) is 2.55. The van der Waals surface area contributed by atoms with Crippen molar-refractivity contribution in [3.63, 3.8) is 0 Å². The first-order valence-electron chi connectivity index (χ1n) is 4.91. The van der Waals surface area contributed by atoms with Gasteiger partial charge in [-0.1, -0.05) is 30.3 Å². The summed E-state index contributed by atoms with van der Waals surface area (Å²) in [6.45, 7) is -0.0311. The molecule has 0 spiro atoms. The fraction of sp³-hybridized carbons (Fsp3) is 0.364. The van der Waals surface area contributed by atoms with Gasteiger partial charge in [0.1, 0.15) is 12.4 Å². The van der Waals surface area contributed by atoms with Gasteiger partial charge in [0, 0.05) is 0 Å². The van der Waals surface area contributed by atoms with Gasteiger partial charge < -0.3 is 10.5 Å². The van der Waals surface area contributed by atoms with Gasteiger partial charge in [-0.25, -0.2) is 8.78 Å². The zero-order chi connectivity index (χ0) is 11.6. The number of halogens is 2. The number of hydrogen-bond donors (Lipinski definition) is 1. The molecule has 86 valence electrons. The number of hydrogen-bond acceptors (Lipinski definition) is 3. The van der Waals surface area contributed by atoms with Gasteiger partial charge in [0.25, 0.3) is 6.43 Å². The van der Waals surface area contributed by atoms with E-state index < -0.39 is 12.0 Å². The molecular weight excluding hydrogens is 214 g/mol. The van der Waals surface area contributed by atoms with Crippen LogP contribution in [0.4, 0.5) is 8.78 Å². The molecule has 1 heterocycles. The van der Waals surface area contributed by atoms with Crippen LogP contribution in [0, 0.1) is 0 Å². The lowest BCUT2D eigenvalue weighted by atomic mass is 9.91. The minimum atomic E-state index is -2.64. The second kappa shape index (κ2) is 4.17. The fourth-order valence-electron chi connectivity index (χ4n) is 1.74. The van der Waals surface area contributed by atoms with Crippen molar-refractivity contribution >= 4 is 5.84 Å². The predicted molar refractivity (Wildman–Crippen MR) is 56.6 cm³/mol.